The average Bonchev–Trinajstić information content (AvgIpc) is 2.57. The lowest BCUT2D eigenvalue weighted by Crippen LogP contribution is -2.52. The first-order valence-corrected chi connectivity index (χ1v) is 5.79. The van der Waals surface area contributed by atoms with Crippen molar-refractivity contribution >= 4 is 11.8 Å². The summed E-state index contributed by atoms with van der Waals surface area (Å²) in [5.74, 6) is -1.29. The fraction of sp³-hybridized carbons (Fsp3) is 0.727. The Balaban J connectivity index is 2.01. The Hall–Kier alpha value is -1.61. The van der Waals surface area contributed by atoms with Crippen molar-refractivity contribution in [2.45, 2.75) is 43.9 Å². The molecule has 0 radical (unpaired) electrons. The molecule has 2 atom stereocenters. The molecule has 2 rings (SSSR count). The zero-order valence-electron chi connectivity index (χ0n) is 9.43. The number of nitrogens with one attached hydrogen (secondary N) is 1. The monoisotopic (exact) mass is 237 g/mol. The number of piperidine rings is 1. The number of fused-ring (bicyclic) bond motifs is 2. The maximum atomic E-state index is 11.9. The Bertz CT molecular complexity index is 363. The van der Waals surface area contributed by atoms with Gasteiger partial charge in [0.15, 0.2) is 0 Å². The summed E-state index contributed by atoms with van der Waals surface area (Å²) >= 11 is 0. The molecular formula is C11H15N3O3. The molecule has 2 heterocycles. The lowest BCUT2D eigenvalue weighted by Gasteiger charge is -2.36. The summed E-state index contributed by atoms with van der Waals surface area (Å²) in [7, 11) is 0. The smallest absolute Gasteiger partial charge is 0.312 e. The Morgan fingerprint density at radius 3 is 2.47 bits per heavy atom. The first-order valence-electron chi connectivity index (χ1n) is 5.79. The number of amides is 2. The van der Waals surface area contributed by atoms with Crippen molar-refractivity contribution in [3.05, 3.63) is 0 Å². The van der Waals surface area contributed by atoms with Gasteiger partial charge in [0, 0.05) is 12.1 Å². The number of nitrogens with zero attached hydrogens (tertiary/aromatic N) is 2. The number of rotatable bonds is 1. The van der Waals surface area contributed by atoms with Gasteiger partial charge >= 0.3 is 11.8 Å². The van der Waals surface area contributed by atoms with Crippen LogP contribution in [0.25, 0.3) is 0 Å². The van der Waals surface area contributed by atoms with E-state index < -0.39 is 11.8 Å². The first kappa shape index (κ1) is 11.9. The normalized spacial score (nSPS) is 30.8. The minimum absolute atomic E-state index is 0.0240. The van der Waals surface area contributed by atoms with Crippen LogP contribution < -0.4 is 5.32 Å². The lowest BCUT2D eigenvalue weighted by atomic mass is 10.00. The molecule has 0 aromatic rings. The van der Waals surface area contributed by atoms with Gasteiger partial charge in [0.1, 0.15) is 6.54 Å². The predicted molar refractivity (Wildman–Crippen MR) is 57.5 cm³/mol. The van der Waals surface area contributed by atoms with Gasteiger partial charge in [0.2, 0.25) is 0 Å². The van der Waals surface area contributed by atoms with Gasteiger partial charge in [0.25, 0.3) is 0 Å². The SMILES string of the molecule is N#CCNC(=O)C(=O)N1C2CCC1CC(O)C2. The molecule has 17 heavy (non-hydrogen) atoms. The molecule has 0 saturated carbocycles. The average molecular weight is 237 g/mol. The zero-order valence-corrected chi connectivity index (χ0v) is 9.43. The summed E-state index contributed by atoms with van der Waals surface area (Å²) in [6.07, 6.45) is 2.43. The van der Waals surface area contributed by atoms with Gasteiger partial charge in [-0.05, 0) is 25.7 Å². The van der Waals surface area contributed by atoms with Crippen molar-refractivity contribution in [3.63, 3.8) is 0 Å². The molecule has 2 bridgehead atoms. The van der Waals surface area contributed by atoms with E-state index in [9.17, 15) is 14.7 Å². The van der Waals surface area contributed by atoms with Crippen molar-refractivity contribution in [2.24, 2.45) is 0 Å². The molecule has 2 aliphatic heterocycles. The Kier molecular flexibility index (Phi) is 3.29. The standard InChI is InChI=1S/C11H15N3O3/c12-3-4-13-10(16)11(17)14-7-1-2-8(14)6-9(15)5-7/h7-9,15H,1-2,4-6H2,(H,13,16). The summed E-state index contributed by atoms with van der Waals surface area (Å²) in [5, 5.41) is 20.2. The van der Waals surface area contributed by atoms with E-state index in [2.05, 4.69) is 5.32 Å². The van der Waals surface area contributed by atoms with E-state index in [0.29, 0.717) is 12.8 Å². The quantitative estimate of drug-likeness (QED) is 0.458. The highest BCUT2D eigenvalue weighted by atomic mass is 16.3. The lowest BCUT2D eigenvalue weighted by molar-refractivity contribution is -0.149. The van der Waals surface area contributed by atoms with Crippen molar-refractivity contribution in [1.82, 2.24) is 10.2 Å². The summed E-state index contributed by atoms with van der Waals surface area (Å²) in [5.41, 5.74) is 0. The van der Waals surface area contributed by atoms with Gasteiger partial charge in [-0.2, -0.15) is 5.26 Å². The summed E-state index contributed by atoms with van der Waals surface area (Å²) in [4.78, 5) is 25.0. The van der Waals surface area contributed by atoms with Crippen molar-refractivity contribution in [1.29, 1.82) is 5.26 Å². The van der Waals surface area contributed by atoms with Crippen LogP contribution in [0.1, 0.15) is 25.7 Å². The number of hydrogen-bond acceptors (Lipinski definition) is 4. The second-order valence-corrected chi connectivity index (χ2v) is 4.56. The van der Waals surface area contributed by atoms with Crippen molar-refractivity contribution < 1.29 is 14.7 Å². The Morgan fingerprint density at radius 1 is 1.35 bits per heavy atom. The molecule has 6 nitrogen and oxygen atoms in total. The van der Waals surface area contributed by atoms with Gasteiger partial charge in [-0.3, -0.25) is 9.59 Å². The van der Waals surface area contributed by atoms with E-state index in [0.717, 1.165) is 12.8 Å². The third kappa shape index (κ3) is 2.24. The summed E-state index contributed by atoms with van der Waals surface area (Å²) in [6.45, 7) is -0.156. The predicted octanol–water partition coefficient (Wildman–Crippen LogP) is -0.860. The van der Waals surface area contributed by atoms with Crippen LogP contribution >= 0.6 is 0 Å². The van der Waals surface area contributed by atoms with E-state index in [4.69, 9.17) is 5.26 Å². The zero-order chi connectivity index (χ0) is 12.4. The van der Waals surface area contributed by atoms with Gasteiger partial charge < -0.3 is 15.3 Å². The molecule has 2 N–H and O–H groups in total. The molecule has 0 aromatic heterocycles. The first-order chi connectivity index (χ1) is 8.13. The Labute approximate surface area is 99.2 Å². The van der Waals surface area contributed by atoms with E-state index >= 15 is 0 Å². The molecule has 0 aliphatic carbocycles. The Morgan fingerprint density at radius 2 is 1.94 bits per heavy atom. The fourth-order valence-corrected chi connectivity index (χ4v) is 2.79. The van der Waals surface area contributed by atoms with Crippen LogP contribution in [0.15, 0.2) is 0 Å². The second-order valence-electron chi connectivity index (χ2n) is 4.56. The minimum Gasteiger partial charge on any atom is -0.393 e. The van der Waals surface area contributed by atoms with Crippen molar-refractivity contribution in [2.75, 3.05) is 6.54 Å². The molecule has 2 saturated heterocycles. The third-order valence-corrected chi connectivity index (χ3v) is 3.46. The maximum absolute atomic E-state index is 11.9. The van der Waals surface area contributed by atoms with E-state index in [-0.39, 0.29) is 24.7 Å². The van der Waals surface area contributed by atoms with E-state index in [1.165, 1.54) is 0 Å². The largest absolute Gasteiger partial charge is 0.393 e. The molecule has 0 aromatic carbocycles. The van der Waals surface area contributed by atoms with Crippen LogP contribution in [-0.4, -0.2) is 46.6 Å². The number of carbonyl (C=O) groups excluding carboxylic acids is 2. The van der Waals surface area contributed by atoms with E-state index in [1.54, 1.807) is 11.0 Å². The van der Waals surface area contributed by atoms with E-state index in [1.807, 2.05) is 0 Å². The molecule has 2 amide bonds. The molecule has 0 spiro atoms. The number of nitriles is 1. The van der Waals surface area contributed by atoms with Gasteiger partial charge in [-0.1, -0.05) is 0 Å². The van der Waals surface area contributed by atoms with Crippen LogP contribution in [-0.2, 0) is 9.59 Å². The van der Waals surface area contributed by atoms with Gasteiger partial charge in [0.05, 0.1) is 12.2 Å². The molecule has 2 aliphatic rings. The number of aliphatic hydroxyl groups is 1. The highest BCUT2D eigenvalue weighted by Crippen LogP contribution is 2.35. The third-order valence-electron chi connectivity index (χ3n) is 3.46. The van der Waals surface area contributed by atoms with Crippen LogP contribution in [0.3, 0.4) is 0 Å². The highest BCUT2D eigenvalue weighted by molar-refractivity contribution is 6.35. The van der Waals surface area contributed by atoms with Crippen LogP contribution in [0, 0.1) is 11.3 Å². The molecule has 92 valence electrons. The van der Waals surface area contributed by atoms with Crippen molar-refractivity contribution in [3.8, 4) is 6.07 Å². The van der Waals surface area contributed by atoms with Gasteiger partial charge in [-0.25, -0.2) is 0 Å². The summed E-state index contributed by atoms with van der Waals surface area (Å²) in [6, 6.07) is 1.71. The fourth-order valence-electron chi connectivity index (χ4n) is 2.79. The number of carbonyl (C=O) groups is 2. The maximum Gasteiger partial charge on any atom is 0.312 e. The van der Waals surface area contributed by atoms with Crippen LogP contribution in [0.5, 0.6) is 0 Å². The number of hydrogen-bond donors (Lipinski definition) is 2. The molecular weight excluding hydrogens is 222 g/mol. The van der Waals surface area contributed by atoms with Crippen LogP contribution in [0.2, 0.25) is 0 Å². The minimum atomic E-state index is -0.722. The number of aliphatic hydroxyl groups excluding tert-OH is 1. The molecule has 6 heteroatoms. The van der Waals surface area contributed by atoms with Crippen LogP contribution in [0.4, 0.5) is 0 Å². The second kappa shape index (κ2) is 4.72. The molecule has 2 fully saturated rings. The van der Waals surface area contributed by atoms with Gasteiger partial charge in [-0.15, -0.1) is 0 Å². The molecule has 2 unspecified atom stereocenters. The highest BCUT2D eigenvalue weighted by Gasteiger charge is 2.44. The topological polar surface area (TPSA) is 93.4 Å². The summed E-state index contributed by atoms with van der Waals surface area (Å²) < 4.78 is 0.